The lowest BCUT2D eigenvalue weighted by Gasteiger charge is -2.12. The molecule has 0 aliphatic rings. The van der Waals surface area contributed by atoms with Crippen molar-refractivity contribution in [2.45, 2.75) is 6.36 Å². The van der Waals surface area contributed by atoms with Gasteiger partial charge in [-0.05, 0) is 0 Å². The van der Waals surface area contributed by atoms with Gasteiger partial charge in [-0.25, -0.2) is 9.78 Å². The van der Waals surface area contributed by atoms with E-state index in [0.717, 1.165) is 14.2 Å². The van der Waals surface area contributed by atoms with Gasteiger partial charge in [0.05, 0.1) is 25.3 Å². The largest absolute Gasteiger partial charge is 0.574 e. The Morgan fingerprint density at radius 3 is 2.40 bits per heavy atom. The third kappa shape index (κ3) is 3.24. The maximum absolute atomic E-state index is 12.1. The second-order valence-electron chi connectivity index (χ2n) is 3.16. The van der Waals surface area contributed by atoms with Crippen molar-refractivity contribution in [1.82, 2.24) is 4.98 Å². The highest BCUT2D eigenvalue weighted by Crippen LogP contribution is 2.39. The summed E-state index contributed by atoms with van der Waals surface area (Å²) in [4.78, 5) is 24.3. The van der Waals surface area contributed by atoms with Gasteiger partial charge in [0.1, 0.15) is 0 Å². The van der Waals surface area contributed by atoms with Crippen LogP contribution in [0.15, 0.2) is 6.20 Å². The molecule has 20 heavy (non-hydrogen) atoms. The quantitative estimate of drug-likeness (QED) is 0.473. The molecule has 0 saturated carbocycles. The molecule has 0 spiro atoms. The van der Waals surface area contributed by atoms with Gasteiger partial charge in [0.25, 0.3) is 11.6 Å². The van der Waals surface area contributed by atoms with Gasteiger partial charge in [-0.3, -0.25) is 10.1 Å². The molecule has 1 rings (SSSR count). The molecule has 0 unspecified atom stereocenters. The van der Waals surface area contributed by atoms with E-state index in [9.17, 15) is 28.1 Å². The van der Waals surface area contributed by atoms with Crippen molar-refractivity contribution in [3.63, 3.8) is 0 Å². The number of carbonyl (C=O) groups excluding carboxylic acids is 1. The van der Waals surface area contributed by atoms with Crippen molar-refractivity contribution in [2.24, 2.45) is 0 Å². The molecule has 0 N–H and O–H groups in total. The molecule has 0 saturated heterocycles. The number of esters is 1. The first-order valence-electron chi connectivity index (χ1n) is 4.76. The van der Waals surface area contributed by atoms with Crippen molar-refractivity contribution >= 4 is 11.7 Å². The number of alkyl halides is 3. The Balaban J connectivity index is 3.49. The number of hydrogen-bond acceptors (Lipinski definition) is 7. The highest BCUT2D eigenvalue weighted by atomic mass is 19.4. The molecule has 0 aliphatic carbocycles. The number of pyridine rings is 1. The highest BCUT2D eigenvalue weighted by Gasteiger charge is 2.38. The molecule has 11 heteroatoms. The van der Waals surface area contributed by atoms with Gasteiger partial charge < -0.3 is 14.2 Å². The topological polar surface area (TPSA) is 101 Å². The molecule has 1 heterocycles. The van der Waals surface area contributed by atoms with Crippen LogP contribution in [-0.2, 0) is 4.74 Å². The van der Waals surface area contributed by atoms with Crippen molar-refractivity contribution in [2.75, 3.05) is 14.2 Å². The van der Waals surface area contributed by atoms with Gasteiger partial charge in [-0.2, -0.15) is 0 Å². The van der Waals surface area contributed by atoms with Crippen LogP contribution in [0.4, 0.5) is 18.9 Å². The standard InChI is InChI=1S/C9H7F3N2O6/c1-18-6-5(14(16)17)4(8(15)19-2)3-13-7(6)20-9(10,11)12/h3H,1-2H3. The predicted molar refractivity (Wildman–Crippen MR) is 55.5 cm³/mol. The van der Waals surface area contributed by atoms with Crippen LogP contribution in [0.1, 0.15) is 10.4 Å². The molecule has 1 aromatic rings. The van der Waals surface area contributed by atoms with Crippen molar-refractivity contribution in [3.8, 4) is 11.6 Å². The number of methoxy groups -OCH3 is 2. The minimum atomic E-state index is -5.12. The van der Waals surface area contributed by atoms with E-state index < -0.39 is 40.1 Å². The van der Waals surface area contributed by atoms with E-state index in [1.807, 2.05) is 0 Å². The van der Waals surface area contributed by atoms with Crippen LogP contribution in [0.25, 0.3) is 0 Å². The highest BCUT2D eigenvalue weighted by molar-refractivity contribution is 5.95. The maximum atomic E-state index is 12.1. The summed E-state index contributed by atoms with van der Waals surface area (Å²) in [7, 11) is 1.81. The van der Waals surface area contributed by atoms with E-state index in [2.05, 4.69) is 19.2 Å². The fourth-order valence-corrected chi connectivity index (χ4v) is 1.27. The third-order valence-corrected chi connectivity index (χ3v) is 1.98. The molecule has 0 radical (unpaired) electrons. The SMILES string of the molecule is COC(=O)c1cnc(OC(F)(F)F)c(OC)c1[N+](=O)[O-]. The van der Waals surface area contributed by atoms with Gasteiger partial charge in [0.2, 0.25) is 0 Å². The summed E-state index contributed by atoms with van der Waals surface area (Å²) in [5.74, 6) is -3.27. The molecular weight excluding hydrogens is 289 g/mol. The van der Waals surface area contributed by atoms with E-state index >= 15 is 0 Å². The van der Waals surface area contributed by atoms with E-state index in [1.165, 1.54) is 0 Å². The second-order valence-corrected chi connectivity index (χ2v) is 3.16. The molecule has 110 valence electrons. The van der Waals surface area contributed by atoms with E-state index in [-0.39, 0.29) is 0 Å². The van der Waals surface area contributed by atoms with Gasteiger partial charge in [-0.1, -0.05) is 0 Å². The number of nitro groups is 1. The van der Waals surface area contributed by atoms with Crippen molar-refractivity contribution in [3.05, 3.63) is 21.9 Å². The monoisotopic (exact) mass is 296 g/mol. The first-order chi connectivity index (χ1) is 9.21. The number of ether oxygens (including phenoxy) is 3. The summed E-state index contributed by atoms with van der Waals surface area (Å²) in [6.45, 7) is 0. The van der Waals surface area contributed by atoms with E-state index in [0.29, 0.717) is 6.20 Å². The van der Waals surface area contributed by atoms with Crippen LogP contribution in [-0.4, -0.2) is 36.5 Å². The molecule has 0 bridgehead atoms. The van der Waals surface area contributed by atoms with Gasteiger partial charge >= 0.3 is 18.0 Å². The summed E-state index contributed by atoms with van der Waals surface area (Å²) < 4.78 is 48.6. The average Bonchev–Trinajstić information content (AvgIpc) is 2.35. The normalized spacial score (nSPS) is 10.8. The van der Waals surface area contributed by atoms with Crippen LogP contribution in [0.2, 0.25) is 0 Å². The van der Waals surface area contributed by atoms with Crippen LogP contribution in [0.5, 0.6) is 11.6 Å². The summed E-state index contributed by atoms with van der Waals surface area (Å²) >= 11 is 0. The Kier molecular flexibility index (Phi) is 4.32. The zero-order valence-electron chi connectivity index (χ0n) is 10.1. The van der Waals surface area contributed by atoms with Crippen LogP contribution < -0.4 is 9.47 Å². The summed E-state index contributed by atoms with van der Waals surface area (Å²) in [5, 5.41) is 10.9. The Bertz CT molecular complexity index is 545. The molecule has 8 nitrogen and oxygen atoms in total. The van der Waals surface area contributed by atoms with Crippen LogP contribution in [0, 0.1) is 10.1 Å². The van der Waals surface area contributed by atoms with Crippen LogP contribution in [0.3, 0.4) is 0 Å². The number of halogens is 3. The minimum Gasteiger partial charge on any atom is -0.486 e. The van der Waals surface area contributed by atoms with Crippen molar-refractivity contribution < 1.29 is 37.1 Å². The molecule has 0 aliphatic heterocycles. The molecule has 1 aromatic heterocycles. The fourth-order valence-electron chi connectivity index (χ4n) is 1.27. The number of aromatic nitrogens is 1. The lowest BCUT2D eigenvalue weighted by Crippen LogP contribution is -2.19. The number of rotatable bonds is 4. The second kappa shape index (κ2) is 5.59. The summed E-state index contributed by atoms with van der Waals surface area (Å²) in [5.41, 5.74) is -1.70. The third-order valence-electron chi connectivity index (χ3n) is 1.98. The molecule has 0 atom stereocenters. The number of carbonyl (C=O) groups is 1. The zero-order chi connectivity index (χ0) is 15.5. The first kappa shape index (κ1) is 15.5. The first-order valence-corrected chi connectivity index (χ1v) is 4.76. The lowest BCUT2D eigenvalue weighted by atomic mass is 10.2. The Labute approximate surface area is 109 Å². The van der Waals surface area contributed by atoms with E-state index in [4.69, 9.17) is 0 Å². The van der Waals surface area contributed by atoms with Gasteiger partial charge in [0.15, 0.2) is 5.56 Å². The Morgan fingerprint density at radius 2 is 2.00 bits per heavy atom. The van der Waals surface area contributed by atoms with Gasteiger partial charge in [0, 0.05) is 0 Å². The fraction of sp³-hybridized carbons (Fsp3) is 0.333. The summed E-state index contributed by atoms with van der Waals surface area (Å²) in [6.07, 6.45) is -4.59. The molecule has 0 aromatic carbocycles. The Morgan fingerprint density at radius 1 is 1.40 bits per heavy atom. The Hall–Kier alpha value is -2.59. The maximum Gasteiger partial charge on any atom is 0.574 e. The predicted octanol–water partition coefficient (Wildman–Crippen LogP) is 1.68. The lowest BCUT2D eigenvalue weighted by molar-refractivity contribution is -0.386. The molecule has 0 amide bonds. The summed E-state index contributed by atoms with van der Waals surface area (Å²) in [6, 6.07) is 0. The number of hydrogen-bond donors (Lipinski definition) is 0. The molecule has 0 fully saturated rings. The van der Waals surface area contributed by atoms with Gasteiger partial charge in [-0.15, -0.1) is 13.2 Å². The zero-order valence-corrected chi connectivity index (χ0v) is 10.1. The average molecular weight is 296 g/mol. The number of nitrogens with zero attached hydrogens (tertiary/aromatic N) is 2. The minimum absolute atomic E-state index is 0.535. The van der Waals surface area contributed by atoms with E-state index in [1.54, 1.807) is 0 Å². The smallest absolute Gasteiger partial charge is 0.486 e. The van der Waals surface area contributed by atoms with Crippen molar-refractivity contribution in [1.29, 1.82) is 0 Å². The molecular formula is C9H7F3N2O6. The van der Waals surface area contributed by atoms with Crippen LogP contribution >= 0.6 is 0 Å².